The maximum absolute atomic E-state index is 11.1. The highest BCUT2D eigenvalue weighted by molar-refractivity contribution is 5.80. The van der Waals surface area contributed by atoms with Gasteiger partial charge in [-0.15, -0.1) is 0 Å². The fourth-order valence-electron chi connectivity index (χ4n) is 1.27. The normalized spacial score (nSPS) is 23.3. The second-order valence-electron chi connectivity index (χ2n) is 3.06. The summed E-state index contributed by atoms with van der Waals surface area (Å²) in [5.41, 5.74) is 0. The van der Waals surface area contributed by atoms with E-state index in [1.807, 2.05) is 0 Å². The lowest BCUT2D eigenvalue weighted by Gasteiger charge is -2.19. The molecule has 1 fully saturated rings. The molecule has 1 unspecified atom stereocenters. The number of hydrogen-bond acceptors (Lipinski definition) is 3. The van der Waals surface area contributed by atoms with Crippen molar-refractivity contribution in [2.24, 2.45) is 0 Å². The molecule has 0 aromatic heterocycles. The first-order valence-corrected chi connectivity index (χ1v) is 4.08. The van der Waals surface area contributed by atoms with Crippen LogP contribution >= 0.6 is 0 Å². The smallest absolute Gasteiger partial charge is 0.224 e. The van der Waals surface area contributed by atoms with Crippen molar-refractivity contribution in [2.75, 3.05) is 6.54 Å². The molecule has 1 heterocycles. The van der Waals surface area contributed by atoms with E-state index in [0.29, 0.717) is 25.8 Å². The van der Waals surface area contributed by atoms with E-state index in [2.05, 4.69) is 0 Å². The van der Waals surface area contributed by atoms with Crippen LogP contribution in [-0.4, -0.2) is 34.5 Å². The monoisotopic (exact) mass is 171 g/mol. The lowest BCUT2D eigenvalue weighted by atomic mass is 10.3. The van der Waals surface area contributed by atoms with Gasteiger partial charge in [0.2, 0.25) is 5.91 Å². The molecule has 0 aromatic rings. The molecular weight excluding hydrogens is 158 g/mol. The van der Waals surface area contributed by atoms with Crippen molar-refractivity contribution < 1.29 is 14.7 Å². The number of hydrogen-bond donors (Lipinski definition) is 1. The highest BCUT2D eigenvalue weighted by atomic mass is 16.3. The summed E-state index contributed by atoms with van der Waals surface area (Å²) in [6.45, 7) is 1.84. The summed E-state index contributed by atoms with van der Waals surface area (Å²) in [5, 5.41) is 9.27. The van der Waals surface area contributed by atoms with Gasteiger partial charge in [-0.2, -0.15) is 0 Å². The number of Topliss-reactive ketones (excluding diaryl/α,β-unsaturated/α-hetero) is 1. The van der Waals surface area contributed by atoms with Crippen molar-refractivity contribution in [1.29, 1.82) is 0 Å². The average molecular weight is 171 g/mol. The quantitative estimate of drug-likeness (QED) is 0.645. The molecule has 1 N–H and O–H groups in total. The van der Waals surface area contributed by atoms with Crippen LogP contribution in [0.1, 0.15) is 26.2 Å². The Morgan fingerprint density at radius 2 is 2.42 bits per heavy atom. The third kappa shape index (κ3) is 2.04. The molecule has 0 aromatic carbocycles. The van der Waals surface area contributed by atoms with E-state index in [1.165, 1.54) is 11.8 Å². The van der Waals surface area contributed by atoms with Crippen LogP contribution in [0.25, 0.3) is 0 Å². The molecule has 0 aliphatic carbocycles. The Bertz CT molecular complexity index is 202. The molecule has 1 atom stereocenters. The SMILES string of the molecule is CC(=O)CCN1C(=O)CCC1O. The Balaban J connectivity index is 2.39. The second-order valence-corrected chi connectivity index (χ2v) is 3.06. The Morgan fingerprint density at radius 1 is 1.75 bits per heavy atom. The van der Waals surface area contributed by atoms with Gasteiger partial charge in [0.1, 0.15) is 12.0 Å². The van der Waals surface area contributed by atoms with Gasteiger partial charge in [-0.1, -0.05) is 0 Å². The molecule has 4 nitrogen and oxygen atoms in total. The maximum atomic E-state index is 11.1. The second kappa shape index (κ2) is 3.67. The van der Waals surface area contributed by atoms with Crippen LogP contribution in [0.15, 0.2) is 0 Å². The average Bonchev–Trinajstić information content (AvgIpc) is 2.28. The number of rotatable bonds is 3. The van der Waals surface area contributed by atoms with Crippen molar-refractivity contribution in [3.05, 3.63) is 0 Å². The molecule has 0 spiro atoms. The molecule has 1 aliphatic heterocycles. The third-order valence-corrected chi connectivity index (χ3v) is 2.00. The zero-order valence-electron chi connectivity index (χ0n) is 7.12. The molecule has 0 saturated carbocycles. The molecule has 1 rings (SSSR count). The summed E-state index contributed by atoms with van der Waals surface area (Å²) in [5.74, 6) is -0.00866. The highest BCUT2D eigenvalue weighted by Gasteiger charge is 2.28. The number of nitrogens with zero attached hydrogens (tertiary/aromatic N) is 1. The summed E-state index contributed by atoms with van der Waals surface area (Å²) in [7, 11) is 0. The predicted octanol–water partition coefficient (Wildman–Crippen LogP) is -0.0937. The first-order chi connectivity index (χ1) is 5.61. The molecule has 1 saturated heterocycles. The van der Waals surface area contributed by atoms with Crippen molar-refractivity contribution in [1.82, 2.24) is 4.90 Å². The van der Waals surface area contributed by atoms with E-state index >= 15 is 0 Å². The maximum Gasteiger partial charge on any atom is 0.224 e. The van der Waals surface area contributed by atoms with E-state index in [4.69, 9.17) is 0 Å². The number of aliphatic hydroxyl groups is 1. The summed E-state index contributed by atoms with van der Waals surface area (Å²) >= 11 is 0. The number of ketones is 1. The minimum Gasteiger partial charge on any atom is -0.374 e. The lowest BCUT2D eigenvalue weighted by molar-refractivity contribution is -0.133. The number of aliphatic hydroxyl groups excluding tert-OH is 1. The summed E-state index contributed by atoms with van der Waals surface area (Å²) in [4.78, 5) is 23.0. The van der Waals surface area contributed by atoms with E-state index in [0.717, 1.165) is 0 Å². The third-order valence-electron chi connectivity index (χ3n) is 2.00. The Morgan fingerprint density at radius 3 is 2.83 bits per heavy atom. The molecule has 0 radical (unpaired) electrons. The minimum atomic E-state index is -0.670. The molecule has 0 bridgehead atoms. The van der Waals surface area contributed by atoms with E-state index in [1.54, 1.807) is 0 Å². The predicted molar refractivity (Wildman–Crippen MR) is 42.3 cm³/mol. The summed E-state index contributed by atoms with van der Waals surface area (Å²) in [6.07, 6.45) is 0.565. The highest BCUT2D eigenvalue weighted by Crippen LogP contribution is 2.16. The fourth-order valence-corrected chi connectivity index (χ4v) is 1.27. The molecular formula is C8H13NO3. The van der Waals surface area contributed by atoms with Gasteiger partial charge in [-0.3, -0.25) is 9.59 Å². The van der Waals surface area contributed by atoms with Crippen molar-refractivity contribution in [3.8, 4) is 0 Å². The zero-order chi connectivity index (χ0) is 9.14. The Kier molecular flexibility index (Phi) is 2.81. The molecule has 4 heteroatoms. The first kappa shape index (κ1) is 9.19. The van der Waals surface area contributed by atoms with Crippen LogP contribution in [-0.2, 0) is 9.59 Å². The molecule has 1 amide bonds. The lowest BCUT2D eigenvalue weighted by Crippen LogP contribution is -2.34. The number of carbonyl (C=O) groups is 2. The van der Waals surface area contributed by atoms with Crippen LogP contribution in [0.3, 0.4) is 0 Å². The number of amides is 1. The van der Waals surface area contributed by atoms with Gasteiger partial charge in [0.15, 0.2) is 0 Å². The van der Waals surface area contributed by atoms with Gasteiger partial charge < -0.3 is 10.0 Å². The summed E-state index contributed by atoms with van der Waals surface area (Å²) in [6, 6.07) is 0. The molecule has 1 aliphatic rings. The van der Waals surface area contributed by atoms with Crippen LogP contribution < -0.4 is 0 Å². The van der Waals surface area contributed by atoms with Gasteiger partial charge in [0, 0.05) is 25.8 Å². The Hall–Kier alpha value is -0.900. The fraction of sp³-hybridized carbons (Fsp3) is 0.750. The van der Waals surface area contributed by atoms with Gasteiger partial charge >= 0.3 is 0 Å². The summed E-state index contributed by atoms with van der Waals surface area (Å²) < 4.78 is 0. The minimum absolute atomic E-state index is 0.0434. The van der Waals surface area contributed by atoms with Crippen molar-refractivity contribution >= 4 is 11.7 Å². The van der Waals surface area contributed by atoms with Gasteiger partial charge in [-0.05, 0) is 6.92 Å². The standard InChI is InChI=1S/C8H13NO3/c1-6(10)4-5-9-7(11)2-3-8(9)12/h7,11H,2-5H2,1H3. The van der Waals surface area contributed by atoms with E-state index < -0.39 is 6.23 Å². The number of likely N-dealkylation sites (tertiary alicyclic amines) is 1. The molecule has 12 heavy (non-hydrogen) atoms. The Labute approximate surface area is 71.2 Å². The van der Waals surface area contributed by atoms with Crippen LogP contribution in [0.2, 0.25) is 0 Å². The van der Waals surface area contributed by atoms with Crippen molar-refractivity contribution in [3.63, 3.8) is 0 Å². The van der Waals surface area contributed by atoms with Crippen LogP contribution in [0.4, 0.5) is 0 Å². The first-order valence-electron chi connectivity index (χ1n) is 4.08. The van der Waals surface area contributed by atoms with E-state index in [9.17, 15) is 14.7 Å². The van der Waals surface area contributed by atoms with Gasteiger partial charge in [-0.25, -0.2) is 0 Å². The van der Waals surface area contributed by atoms with Crippen LogP contribution in [0, 0.1) is 0 Å². The van der Waals surface area contributed by atoms with Crippen LogP contribution in [0.5, 0.6) is 0 Å². The largest absolute Gasteiger partial charge is 0.374 e. The van der Waals surface area contributed by atoms with Gasteiger partial charge in [0.25, 0.3) is 0 Å². The van der Waals surface area contributed by atoms with Crippen molar-refractivity contribution in [2.45, 2.75) is 32.4 Å². The topological polar surface area (TPSA) is 57.6 Å². The number of carbonyl (C=O) groups excluding carboxylic acids is 2. The van der Waals surface area contributed by atoms with E-state index in [-0.39, 0.29) is 11.7 Å². The molecule has 68 valence electrons. The zero-order valence-corrected chi connectivity index (χ0v) is 7.12. The van der Waals surface area contributed by atoms with Gasteiger partial charge in [0.05, 0.1) is 0 Å².